The molecular formula is C19H18N2O3. The lowest BCUT2D eigenvalue weighted by molar-refractivity contribution is 0.0943. The van der Waals surface area contributed by atoms with Gasteiger partial charge in [0, 0.05) is 22.7 Å². The van der Waals surface area contributed by atoms with Crippen LogP contribution >= 0.6 is 0 Å². The number of hydrogen-bond acceptors (Lipinski definition) is 4. The van der Waals surface area contributed by atoms with Crippen LogP contribution in [-0.4, -0.2) is 25.0 Å². The van der Waals surface area contributed by atoms with Crippen molar-refractivity contribution in [2.75, 3.05) is 6.61 Å². The number of para-hydroxylation sites is 1. The van der Waals surface area contributed by atoms with Crippen LogP contribution in [0.1, 0.15) is 35.3 Å². The quantitative estimate of drug-likeness (QED) is 0.923. The van der Waals surface area contributed by atoms with Gasteiger partial charge >= 0.3 is 0 Å². The van der Waals surface area contributed by atoms with Gasteiger partial charge in [-0.2, -0.15) is 0 Å². The number of ether oxygens (including phenoxy) is 2. The molecule has 0 saturated heterocycles. The third-order valence-corrected chi connectivity index (χ3v) is 4.30. The summed E-state index contributed by atoms with van der Waals surface area (Å²) >= 11 is 0. The number of aliphatic imine (C=N–C) groups is 1. The van der Waals surface area contributed by atoms with E-state index in [1.165, 1.54) is 6.40 Å². The largest absolute Gasteiger partial charge is 0.480 e. The van der Waals surface area contributed by atoms with Crippen LogP contribution in [0.4, 0.5) is 0 Å². The molecule has 0 bridgehead atoms. The topological polar surface area (TPSA) is 59.9 Å². The van der Waals surface area contributed by atoms with Crippen molar-refractivity contribution in [2.24, 2.45) is 4.99 Å². The Labute approximate surface area is 140 Å². The van der Waals surface area contributed by atoms with Crippen LogP contribution in [0.25, 0.3) is 0 Å². The van der Waals surface area contributed by atoms with Gasteiger partial charge < -0.3 is 14.8 Å². The second-order valence-corrected chi connectivity index (χ2v) is 6.34. The van der Waals surface area contributed by atoms with Crippen LogP contribution in [0.3, 0.4) is 0 Å². The molecule has 2 heterocycles. The van der Waals surface area contributed by atoms with E-state index in [2.05, 4.69) is 10.3 Å². The van der Waals surface area contributed by atoms with E-state index in [1.54, 1.807) is 6.07 Å². The van der Waals surface area contributed by atoms with Crippen molar-refractivity contribution in [3.05, 3.63) is 59.2 Å². The normalized spacial score (nSPS) is 20.3. The van der Waals surface area contributed by atoms with E-state index in [0.717, 1.165) is 16.9 Å². The first-order valence-electron chi connectivity index (χ1n) is 7.98. The van der Waals surface area contributed by atoms with Crippen molar-refractivity contribution in [3.63, 3.8) is 0 Å². The molecule has 0 fully saturated rings. The molecule has 1 amide bonds. The fraction of sp³-hybridized carbons (Fsp3) is 0.263. The molecule has 5 heteroatoms. The highest BCUT2D eigenvalue weighted by molar-refractivity contribution is 5.95. The third-order valence-electron chi connectivity index (χ3n) is 4.30. The summed E-state index contributed by atoms with van der Waals surface area (Å²) in [7, 11) is 0. The van der Waals surface area contributed by atoms with Gasteiger partial charge in [0.25, 0.3) is 5.91 Å². The highest BCUT2D eigenvalue weighted by Crippen LogP contribution is 2.50. The minimum Gasteiger partial charge on any atom is -0.480 e. The molecule has 0 aromatic heterocycles. The number of amides is 1. The molecule has 1 spiro atoms. The molecule has 2 aliphatic rings. The zero-order valence-corrected chi connectivity index (χ0v) is 13.6. The third kappa shape index (κ3) is 2.16. The smallest absolute Gasteiger partial charge is 0.251 e. The number of fused-ring (bicyclic) bond motifs is 4. The maximum absolute atomic E-state index is 12.4. The molecule has 2 aliphatic heterocycles. The predicted molar refractivity (Wildman–Crippen MR) is 90.8 cm³/mol. The Balaban J connectivity index is 1.85. The molecule has 24 heavy (non-hydrogen) atoms. The molecule has 2 aromatic rings. The van der Waals surface area contributed by atoms with Crippen LogP contribution in [0.15, 0.2) is 47.5 Å². The van der Waals surface area contributed by atoms with Crippen LogP contribution in [0.5, 0.6) is 11.5 Å². The Morgan fingerprint density at radius 1 is 1.17 bits per heavy atom. The minimum absolute atomic E-state index is 0.0762. The predicted octanol–water partition coefficient (Wildman–Crippen LogP) is 3.23. The molecule has 1 unspecified atom stereocenters. The molecule has 122 valence electrons. The Hall–Kier alpha value is -2.82. The van der Waals surface area contributed by atoms with E-state index in [9.17, 15) is 4.79 Å². The highest BCUT2D eigenvalue weighted by Gasteiger charge is 2.45. The van der Waals surface area contributed by atoms with Gasteiger partial charge in [0.15, 0.2) is 11.9 Å². The van der Waals surface area contributed by atoms with Gasteiger partial charge in [-0.05, 0) is 38.1 Å². The first-order chi connectivity index (χ1) is 11.6. The van der Waals surface area contributed by atoms with E-state index < -0.39 is 5.54 Å². The second-order valence-electron chi connectivity index (χ2n) is 6.34. The molecular weight excluding hydrogens is 304 g/mol. The summed E-state index contributed by atoms with van der Waals surface area (Å²) in [6.07, 6.45) is 1.48. The first-order valence-corrected chi connectivity index (χ1v) is 7.98. The van der Waals surface area contributed by atoms with Crippen molar-refractivity contribution in [2.45, 2.75) is 25.4 Å². The number of hydrogen-bond donors (Lipinski definition) is 1. The SMILES string of the molecule is CC(C)NC(=O)c1ccc2c(c1)C1(COC=N1)c1ccccc1O2. The standard InChI is InChI=1S/C19H18N2O3/c1-12(2)21-18(22)13-7-8-17-15(9-13)19(10-23-11-20-19)14-5-3-4-6-16(14)24-17/h3-9,11-12H,10H2,1-2H3,(H,21,22). The molecule has 0 radical (unpaired) electrons. The summed E-state index contributed by atoms with van der Waals surface area (Å²) in [5, 5.41) is 2.91. The van der Waals surface area contributed by atoms with E-state index in [0.29, 0.717) is 17.9 Å². The number of rotatable bonds is 2. The molecule has 5 nitrogen and oxygen atoms in total. The maximum atomic E-state index is 12.4. The average molecular weight is 322 g/mol. The van der Waals surface area contributed by atoms with Gasteiger partial charge in [-0.1, -0.05) is 18.2 Å². The highest BCUT2D eigenvalue weighted by atomic mass is 16.5. The number of benzene rings is 2. The number of nitrogens with one attached hydrogen (secondary N) is 1. The van der Waals surface area contributed by atoms with Gasteiger partial charge in [0.1, 0.15) is 18.1 Å². The van der Waals surface area contributed by atoms with Crippen LogP contribution < -0.4 is 10.1 Å². The first kappa shape index (κ1) is 14.8. The van der Waals surface area contributed by atoms with Crippen LogP contribution in [-0.2, 0) is 10.3 Å². The molecule has 0 aliphatic carbocycles. The maximum Gasteiger partial charge on any atom is 0.251 e. The summed E-state index contributed by atoms with van der Waals surface area (Å²) in [5.74, 6) is 1.37. The summed E-state index contributed by atoms with van der Waals surface area (Å²) < 4.78 is 11.5. The Morgan fingerprint density at radius 2 is 1.96 bits per heavy atom. The summed E-state index contributed by atoms with van der Waals surface area (Å²) in [5.41, 5.74) is 1.74. The van der Waals surface area contributed by atoms with Crippen LogP contribution in [0.2, 0.25) is 0 Å². The van der Waals surface area contributed by atoms with Crippen LogP contribution in [0, 0.1) is 0 Å². The summed E-state index contributed by atoms with van der Waals surface area (Å²) in [6.45, 7) is 4.27. The van der Waals surface area contributed by atoms with E-state index in [4.69, 9.17) is 9.47 Å². The molecule has 1 N–H and O–H groups in total. The Kier molecular flexibility index (Phi) is 3.30. The number of carbonyl (C=O) groups excluding carboxylic acids is 1. The van der Waals surface area contributed by atoms with Crippen molar-refractivity contribution >= 4 is 12.3 Å². The lowest BCUT2D eigenvalue weighted by atomic mass is 9.81. The fourth-order valence-electron chi connectivity index (χ4n) is 3.21. The van der Waals surface area contributed by atoms with Gasteiger partial charge in [0.05, 0.1) is 0 Å². The monoisotopic (exact) mass is 322 g/mol. The van der Waals surface area contributed by atoms with Crippen molar-refractivity contribution < 1.29 is 14.3 Å². The summed E-state index contributed by atoms with van der Waals surface area (Å²) in [4.78, 5) is 17.0. The fourth-order valence-corrected chi connectivity index (χ4v) is 3.21. The minimum atomic E-state index is -0.654. The zero-order chi connectivity index (χ0) is 16.7. The van der Waals surface area contributed by atoms with Crippen molar-refractivity contribution in [3.8, 4) is 11.5 Å². The van der Waals surface area contributed by atoms with Gasteiger partial charge in [-0.15, -0.1) is 0 Å². The Bertz CT molecular complexity index is 844. The van der Waals surface area contributed by atoms with Gasteiger partial charge in [-0.25, -0.2) is 4.99 Å². The van der Waals surface area contributed by atoms with Crippen molar-refractivity contribution in [1.29, 1.82) is 0 Å². The van der Waals surface area contributed by atoms with Gasteiger partial charge in [0.2, 0.25) is 0 Å². The zero-order valence-electron chi connectivity index (χ0n) is 13.6. The molecule has 4 rings (SSSR count). The molecule has 1 atom stereocenters. The lowest BCUT2D eigenvalue weighted by Crippen LogP contribution is -2.33. The van der Waals surface area contributed by atoms with E-state index >= 15 is 0 Å². The number of nitrogens with zero attached hydrogens (tertiary/aromatic N) is 1. The van der Waals surface area contributed by atoms with Crippen molar-refractivity contribution in [1.82, 2.24) is 5.32 Å². The average Bonchev–Trinajstić information content (AvgIpc) is 3.05. The van der Waals surface area contributed by atoms with E-state index in [1.807, 2.05) is 50.2 Å². The Morgan fingerprint density at radius 3 is 2.71 bits per heavy atom. The second kappa shape index (κ2) is 5.37. The molecule has 0 saturated carbocycles. The van der Waals surface area contributed by atoms with Gasteiger partial charge in [-0.3, -0.25) is 4.79 Å². The summed E-state index contributed by atoms with van der Waals surface area (Å²) in [6, 6.07) is 13.3. The lowest BCUT2D eigenvalue weighted by Gasteiger charge is -2.33. The van der Waals surface area contributed by atoms with E-state index in [-0.39, 0.29) is 11.9 Å². The number of carbonyl (C=O) groups is 1. The molecule has 2 aromatic carbocycles.